The van der Waals surface area contributed by atoms with Crippen molar-refractivity contribution in [3.8, 4) is 5.75 Å². The summed E-state index contributed by atoms with van der Waals surface area (Å²) in [6.45, 7) is 1.52. The Labute approximate surface area is 128 Å². The predicted octanol–water partition coefficient (Wildman–Crippen LogP) is 4.53. The maximum atomic E-state index is 6.07. The van der Waals surface area contributed by atoms with Crippen LogP contribution in [-0.2, 0) is 0 Å². The summed E-state index contributed by atoms with van der Waals surface area (Å²) < 4.78 is 5.11. The largest absolute Gasteiger partial charge is 0.497 e. The lowest BCUT2D eigenvalue weighted by Crippen LogP contribution is -2.13. The van der Waals surface area contributed by atoms with Crippen LogP contribution in [0.2, 0.25) is 10.0 Å². The molecule has 0 heterocycles. The fraction of sp³-hybridized carbons (Fsp3) is 0.200. The Bertz CT molecular complexity index is 558. The molecule has 0 bridgehead atoms. The van der Waals surface area contributed by atoms with Crippen LogP contribution in [0.3, 0.4) is 0 Å². The minimum Gasteiger partial charge on any atom is -0.497 e. The lowest BCUT2D eigenvalue weighted by atomic mass is 10.3. The molecule has 0 saturated carbocycles. The summed E-state index contributed by atoms with van der Waals surface area (Å²) in [4.78, 5) is 0. The van der Waals surface area contributed by atoms with E-state index in [0.717, 1.165) is 30.2 Å². The molecular formula is C15H16Cl2N2O. The molecule has 0 unspecified atom stereocenters. The number of benzene rings is 2. The Morgan fingerprint density at radius 1 is 0.950 bits per heavy atom. The van der Waals surface area contributed by atoms with Crippen LogP contribution in [0.25, 0.3) is 0 Å². The van der Waals surface area contributed by atoms with Crippen molar-refractivity contribution >= 4 is 34.6 Å². The van der Waals surface area contributed by atoms with Crippen LogP contribution < -0.4 is 15.4 Å². The highest BCUT2D eigenvalue weighted by Crippen LogP contribution is 2.25. The van der Waals surface area contributed by atoms with Crippen LogP contribution in [0.5, 0.6) is 5.75 Å². The van der Waals surface area contributed by atoms with Crippen LogP contribution in [0.1, 0.15) is 0 Å². The Kier molecular flexibility index (Phi) is 5.39. The molecule has 0 atom stereocenters. The molecular weight excluding hydrogens is 295 g/mol. The molecule has 0 spiro atoms. The molecule has 0 fully saturated rings. The molecule has 0 aliphatic rings. The van der Waals surface area contributed by atoms with E-state index in [4.69, 9.17) is 27.9 Å². The first-order valence-electron chi connectivity index (χ1n) is 6.26. The number of hydrogen-bond donors (Lipinski definition) is 2. The van der Waals surface area contributed by atoms with Crippen molar-refractivity contribution in [1.82, 2.24) is 0 Å². The maximum absolute atomic E-state index is 6.07. The number of hydrogen-bond acceptors (Lipinski definition) is 3. The monoisotopic (exact) mass is 310 g/mol. The van der Waals surface area contributed by atoms with Gasteiger partial charge in [0, 0.05) is 23.8 Å². The zero-order valence-corrected chi connectivity index (χ0v) is 12.6. The summed E-state index contributed by atoms with van der Waals surface area (Å²) in [6, 6.07) is 13.2. The zero-order chi connectivity index (χ0) is 14.4. The zero-order valence-electron chi connectivity index (χ0n) is 11.1. The molecule has 2 aromatic carbocycles. The number of nitrogens with one attached hydrogen (secondary N) is 2. The first-order chi connectivity index (χ1) is 9.69. The second-order valence-electron chi connectivity index (χ2n) is 4.21. The summed E-state index contributed by atoms with van der Waals surface area (Å²) in [6.07, 6.45) is 0. The Balaban J connectivity index is 1.79. The molecule has 2 rings (SSSR count). The second kappa shape index (κ2) is 7.27. The molecule has 0 aliphatic heterocycles. The standard InChI is InChI=1S/C15H16Cl2N2O/c1-20-13-5-3-12(4-6-13)18-8-9-19-15-10-11(16)2-7-14(15)17/h2-7,10,18-19H,8-9H2,1H3. The Hall–Kier alpha value is -1.58. The van der Waals surface area contributed by atoms with E-state index in [9.17, 15) is 0 Å². The maximum Gasteiger partial charge on any atom is 0.119 e. The van der Waals surface area contributed by atoms with Crippen molar-refractivity contribution in [2.75, 3.05) is 30.8 Å². The highest BCUT2D eigenvalue weighted by atomic mass is 35.5. The van der Waals surface area contributed by atoms with Gasteiger partial charge in [-0.3, -0.25) is 0 Å². The smallest absolute Gasteiger partial charge is 0.119 e. The average molecular weight is 311 g/mol. The van der Waals surface area contributed by atoms with Crippen molar-refractivity contribution in [1.29, 1.82) is 0 Å². The first-order valence-corrected chi connectivity index (χ1v) is 7.01. The van der Waals surface area contributed by atoms with Crippen LogP contribution in [-0.4, -0.2) is 20.2 Å². The molecule has 3 nitrogen and oxygen atoms in total. The summed E-state index contributed by atoms with van der Waals surface area (Å²) >= 11 is 12.0. The van der Waals surface area contributed by atoms with Crippen LogP contribution in [0, 0.1) is 0 Å². The number of methoxy groups -OCH3 is 1. The fourth-order valence-electron chi connectivity index (χ4n) is 1.75. The van der Waals surface area contributed by atoms with Crippen molar-refractivity contribution in [2.45, 2.75) is 0 Å². The Morgan fingerprint density at radius 2 is 1.65 bits per heavy atom. The third-order valence-corrected chi connectivity index (χ3v) is 3.35. The molecule has 0 saturated heterocycles. The molecule has 106 valence electrons. The van der Waals surface area contributed by atoms with Gasteiger partial charge in [-0.1, -0.05) is 23.2 Å². The topological polar surface area (TPSA) is 33.3 Å². The Morgan fingerprint density at radius 3 is 2.35 bits per heavy atom. The number of halogens is 2. The van der Waals surface area contributed by atoms with E-state index in [0.29, 0.717) is 10.0 Å². The van der Waals surface area contributed by atoms with E-state index in [1.54, 1.807) is 19.2 Å². The lowest BCUT2D eigenvalue weighted by molar-refractivity contribution is 0.415. The van der Waals surface area contributed by atoms with E-state index in [2.05, 4.69) is 10.6 Å². The van der Waals surface area contributed by atoms with Gasteiger partial charge in [-0.05, 0) is 42.5 Å². The molecule has 0 aliphatic carbocycles. The summed E-state index contributed by atoms with van der Waals surface area (Å²) in [5.41, 5.74) is 1.89. The molecule has 5 heteroatoms. The molecule has 2 aromatic rings. The summed E-state index contributed by atoms with van der Waals surface area (Å²) in [5.74, 6) is 0.847. The summed E-state index contributed by atoms with van der Waals surface area (Å²) in [7, 11) is 1.65. The van der Waals surface area contributed by atoms with E-state index in [1.165, 1.54) is 0 Å². The van der Waals surface area contributed by atoms with Crippen LogP contribution in [0.15, 0.2) is 42.5 Å². The van der Waals surface area contributed by atoms with Gasteiger partial charge in [0.2, 0.25) is 0 Å². The SMILES string of the molecule is COc1ccc(NCCNc2cc(Cl)ccc2Cl)cc1. The average Bonchev–Trinajstić information content (AvgIpc) is 2.47. The quantitative estimate of drug-likeness (QED) is 0.769. The van der Waals surface area contributed by atoms with Gasteiger partial charge in [-0.15, -0.1) is 0 Å². The highest BCUT2D eigenvalue weighted by molar-refractivity contribution is 6.35. The van der Waals surface area contributed by atoms with Gasteiger partial charge in [0.15, 0.2) is 0 Å². The van der Waals surface area contributed by atoms with Gasteiger partial charge in [0.05, 0.1) is 17.8 Å². The molecule has 0 amide bonds. The highest BCUT2D eigenvalue weighted by Gasteiger charge is 2.00. The first kappa shape index (κ1) is 14.8. The lowest BCUT2D eigenvalue weighted by Gasteiger charge is -2.11. The van der Waals surface area contributed by atoms with Crippen LogP contribution >= 0.6 is 23.2 Å². The van der Waals surface area contributed by atoms with E-state index < -0.39 is 0 Å². The van der Waals surface area contributed by atoms with Crippen molar-refractivity contribution in [2.24, 2.45) is 0 Å². The third kappa shape index (κ3) is 4.22. The number of rotatable bonds is 6. The van der Waals surface area contributed by atoms with Crippen molar-refractivity contribution in [3.63, 3.8) is 0 Å². The molecule has 20 heavy (non-hydrogen) atoms. The van der Waals surface area contributed by atoms with Gasteiger partial charge in [0.25, 0.3) is 0 Å². The van der Waals surface area contributed by atoms with E-state index in [-0.39, 0.29) is 0 Å². The molecule has 0 radical (unpaired) electrons. The van der Waals surface area contributed by atoms with Crippen molar-refractivity contribution < 1.29 is 4.74 Å². The summed E-state index contributed by atoms with van der Waals surface area (Å²) in [5, 5.41) is 7.88. The van der Waals surface area contributed by atoms with Crippen molar-refractivity contribution in [3.05, 3.63) is 52.5 Å². The second-order valence-corrected chi connectivity index (χ2v) is 5.05. The van der Waals surface area contributed by atoms with Gasteiger partial charge in [-0.2, -0.15) is 0 Å². The third-order valence-electron chi connectivity index (χ3n) is 2.79. The van der Waals surface area contributed by atoms with E-state index >= 15 is 0 Å². The molecule has 2 N–H and O–H groups in total. The normalized spacial score (nSPS) is 10.2. The van der Waals surface area contributed by atoms with Gasteiger partial charge in [0.1, 0.15) is 5.75 Å². The predicted molar refractivity (Wildman–Crippen MR) is 86.4 cm³/mol. The number of anilines is 2. The van der Waals surface area contributed by atoms with Gasteiger partial charge in [-0.25, -0.2) is 0 Å². The van der Waals surface area contributed by atoms with Gasteiger partial charge < -0.3 is 15.4 Å². The van der Waals surface area contributed by atoms with E-state index in [1.807, 2.05) is 30.3 Å². The van der Waals surface area contributed by atoms with Gasteiger partial charge >= 0.3 is 0 Å². The fourth-order valence-corrected chi connectivity index (χ4v) is 2.10. The molecule has 0 aromatic heterocycles. The van der Waals surface area contributed by atoms with Crippen LogP contribution in [0.4, 0.5) is 11.4 Å². The minimum absolute atomic E-state index is 0.666. The number of ether oxygens (including phenoxy) is 1. The minimum atomic E-state index is 0.666.